The second-order valence-corrected chi connectivity index (χ2v) is 6.41. The molecule has 0 heterocycles. The summed E-state index contributed by atoms with van der Waals surface area (Å²) in [4.78, 5) is 0. The molecule has 2 aliphatic carbocycles. The van der Waals surface area contributed by atoms with E-state index in [4.69, 9.17) is 5.26 Å². The molecule has 2 aliphatic rings. The van der Waals surface area contributed by atoms with Gasteiger partial charge in [0.15, 0.2) is 0 Å². The predicted molar refractivity (Wildman–Crippen MR) is 56.4 cm³/mol. The lowest BCUT2D eigenvalue weighted by Crippen LogP contribution is -2.38. The van der Waals surface area contributed by atoms with E-state index in [1.165, 1.54) is 0 Å². The quantitative estimate of drug-likeness (QED) is 0.780. The summed E-state index contributed by atoms with van der Waals surface area (Å²) < 4.78 is 26.0. The number of hydrogen-bond donors (Lipinski definition) is 1. The lowest BCUT2D eigenvalue weighted by molar-refractivity contribution is 0.513. The molecule has 0 spiro atoms. The molecule has 0 saturated heterocycles. The molecule has 2 fully saturated rings. The normalized spacial score (nSPS) is 31.4. The maximum Gasteiger partial charge on any atom is 0.212 e. The second-order valence-electron chi connectivity index (χ2n) is 4.62. The van der Waals surface area contributed by atoms with Crippen LogP contribution in [0.5, 0.6) is 0 Å². The van der Waals surface area contributed by atoms with Crippen LogP contribution in [0.1, 0.15) is 32.1 Å². The third-order valence-corrected chi connectivity index (χ3v) is 4.74. The van der Waals surface area contributed by atoms with Crippen molar-refractivity contribution >= 4 is 10.0 Å². The zero-order valence-electron chi connectivity index (χ0n) is 8.65. The number of rotatable bonds is 4. The molecule has 5 heteroatoms. The van der Waals surface area contributed by atoms with Crippen molar-refractivity contribution in [2.45, 2.75) is 38.1 Å². The average molecular weight is 228 g/mol. The van der Waals surface area contributed by atoms with Gasteiger partial charge in [0, 0.05) is 6.04 Å². The number of nitriles is 1. The molecule has 1 N–H and O–H groups in total. The summed E-state index contributed by atoms with van der Waals surface area (Å²) in [5.74, 6) is 0.491. The van der Waals surface area contributed by atoms with Gasteiger partial charge in [-0.2, -0.15) is 5.26 Å². The maximum atomic E-state index is 11.7. The molecule has 0 amide bonds. The Morgan fingerprint density at radius 3 is 2.60 bits per heavy atom. The number of nitrogens with one attached hydrogen (secondary N) is 1. The van der Waals surface area contributed by atoms with Crippen molar-refractivity contribution in [3.05, 3.63) is 0 Å². The molecule has 15 heavy (non-hydrogen) atoms. The van der Waals surface area contributed by atoms with Crippen molar-refractivity contribution in [1.82, 2.24) is 4.72 Å². The molecule has 0 aromatic heterocycles. The Morgan fingerprint density at radius 2 is 2.00 bits per heavy atom. The van der Waals surface area contributed by atoms with Gasteiger partial charge < -0.3 is 0 Å². The van der Waals surface area contributed by atoms with E-state index in [-0.39, 0.29) is 17.7 Å². The smallest absolute Gasteiger partial charge is 0.212 e. The summed E-state index contributed by atoms with van der Waals surface area (Å²) in [6, 6.07) is 2.04. The first-order chi connectivity index (χ1) is 7.11. The SMILES string of the molecule is N#CC1CCCC1NS(=O)(=O)CC1CC1. The summed E-state index contributed by atoms with van der Waals surface area (Å²) in [6.45, 7) is 0. The molecule has 0 aromatic carbocycles. The molecule has 2 saturated carbocycles. The van der Waals surface area contributed by atoms with E-state index in [0.717, 1.165) is 32.1 Å². The monoisotopic (exact) mass is 228 g/mol. The van der Waals surface area contributed by atoms with Gasteiger partial charge in [-0.15, -0.1) is 0 Å². The van der Waals surface area contributed by atoms with Crippen molar-refractivity contribution in [1.29, 1.82) is 5.26 Å². The van der Waals surface area contributed by atoms with E-state index >= 15 is 0 Å². The summed E-state index contributed by atoms with van der Waals surface area (Å²) >= 11 is 0. The van der Waals surface area contributed by atoms with Gasteiger partial charge in [0.2, 0.25) is 10.0 Å². The fraction of sp³-hybridized carbons (Fsp3) is 0.900. The zero-order valence-corrected chi connectivity index (χ0v) is 9.46. The summed E-state index contributed by atoms with van der Waals surface area (Å²) in [6.07, 6.45) is 4.66. The van der Waals surface area contributed by atoms with Crippen LogP contribution in [-0.2, 0) is 10.0 Å². The van der Waals surface area contributed by atoms with Crippen molar-refractivity contribution in [3.63, 3.8) is 0 Å². The van der Waals surface area contributed by atoms with Gasteiger partial charge in [-0.1, -0.05) is 6.42 Å². The lowest BCUT2D eigenvalue weighted by atomic mass is 10.1. The van der Waals surface area contributed by atoms with E-state index in [0.29, 0.717) is 5.92 Å². The Bertz CT molecular complexity index is 367. The van der Waals surface area contributed by atoms with Gasteiger partial charge in [0.1, 0.15) is 0 Å². The molecule has 0 aliphatic heterocycles. The summed E-state index contributed by atoms with van der Waals surface area (Å²) in [5, 5.41) is 8.84. The minimum absolute atomic E-state index is 0.126. The zero-order chi connectivity index (χ0) is 10.9. The Morgan fingerprint density at radius 1 is 1.27 bits per heavy atom. The molecule has 2 unspecified atom stereocenters. The largest absolute Gasteiger partial charge is 0.212 e. The maximum absolute atomic E-state index is 11.7. The van der Waals surface area contributed by atoms with Gasteiger partial charge in [-0.25, -0.2) is 13.1 Å². The van der Waals surface area contributed by atoms with E-state index in [1.807, 2.05) is 0 Å². The van der Waals surface area contributed by atoms with Crippen molar-refractivity contribution in [2.75, 3.05) is 5.75 Å². The molecule has 0 radical (unpaired) electrons. The molecule has 0 bridgehead atoms. The summed E-state index contributed by atoms with van der Waals surface area (Å²) in [5.41, 5.74) is 0. The fourth-order valence-electron chi connectivity index (χ4n) is 2.13. The molecular weight excluding hydrogens is 212 g/mol. The highest BCUT2D eigenvalue weighted by molar-refractivity contribution is 7.89. The van der Waals surface area contributed by atoms with Gasteiger partial charge in [-0.05, 0) is 31.6 Å². The molecular formula is C10H16N2O2S. The van der Waals surface area contributed by atoms with E-state index < -0.39 is 10.0 Å². The Hall–Kier alpha value is -0.600. The Balaban J connectivity index is 1.92. The fourth-order valence-corrected chi connectivity index (χ4v) is 3.92. The van der Waals surface area contributed by atoms with Crippen molar-refractivity contribution in [2.24, 2.45) is 11.8 Å². The Labute approximate surface area is 90.7 Å². The average Bonchev–Trinajstić information content (AvgIpc) is 2.82. The van der Waals surface area contributed by atoms with E-state index in [2.05, 4.69) is 10.8 Å². The molecule has 0 aromatic rings. The predicted octanol–water partition coefficient (Wildman–Crippen LogP) is 1.01. The highest BCUT2D eigenvalue weighted by Crippen LogP contribution is 2.31. The van der Waals surface area contributed by atoms with Gasteiger partial charge >= 0.3 is 0 Å². The van der Waals surface area contributed by atoms with Crippen LogP contribution < -0.4 is 4.72 Å². The van der Waals surface area contributed by atoms with Gasteiger partial charge in [-0.3, -0.25) is 0 Å². The molecule has 2 rings (SSSR count). The first-order valence-corrected chi connectivity index (χ1v) is 7.15. The van der Waals surface area contributed by atoms with Crippen molar-refractivity contribution < 1.29 is 8.42 Å². The topological polar surface area (TPSA) is 70.0 Å². The Kier molecular flexibility index (Phi) is 2.98. The number of sulfonamides is 1. The van der Waals surface area contributed by atoms with Crippen LogP contribution in [0.2, 0.25) is 0 Å². The lowest BCUT2D eigenvalue weighted by Gasteiger charge is -2.15. The van der Waals surface area contributed by atoms with Crippen LogP contribution in [0.4, 0.5) is 0 Å². The highest BCUT2D eigenvalue weighted by atomic mass is 32.2. The molecule has 84 valence electrons. The van der Waals surface area contributed by atoms with Crippen LogP contribution in [0.25, 0.3) is 0 Å². The third kappa shape index (κ3) is 2.93. The van der Waals surface area contributed by atoms with Crippen LogP contribution in [-0.4, -0.2) is 20.2 Å². The minimum atomic E-state index is -3.15. The number of nitrogens with zero attached hydrogens (tertiary/aromatic N) is 1. The standard InChI is InChI=1S/C10H16N2O2S/c11-6-9-2-1-3-10(9)12-15(13,14)7-8-4-5-8/h8-10,12H,1-5,7H2. The molecule has 4 nitrogen and oxygen atoms in total. The third-order valence-electron chi connectivity index (χ3n) is 3.16. The van der Waals surface area contributed by atoms with Gasteiger partial charge in [0.25, 0.3) is 0 Å². The van der Waals surface area contributed by atoms with Gasteiger partial charge in [0.05, 0.1) is 17.7 Å². The molecule has 2 atom stereocenters. The minimum Gasteiger partial charge on any atom is -0.212 e. The van der Waals surface area contributed by atoms with Crippen LogP contribution in [0.3, 0.4) is 0 Å². The van der Waals surface area contributed by atoms with Crippen LogP contribution >= 0.6 is 0 Å². The van der Waals surface area contributed by atoms with Crippen LogP contribution in [0, 0.1) is 23.2 Å². The summed E-state index contributed by atoms with van der Waals surface area (Å²) in [7, 11) is -3.15. The van der Waals surface area contributed by atoms with E-state index in [1.54, 1.807) is 0 Å². The van der Waals surface area contributed by atoms with Crippen molar-refractivity contribution in [3.8, 4) is 6.07 Å². The first-order valence-electron chi connectivity index (χ1n) is 5.50. The highest BCUT2D eigenvalue weighted by Gasteiger charge is 2.33. The second kappa shape index (κ2) is 4.11. The number of hydrogen-bond acceptors (Lipinski definition) is 3. The van der Waals surface area contributed by atoms with Crippen LogP contribution in [0.15, 0.2) is 0 Å². The first kappa shape index (κ1) is 10.9. The van der Waals surface area contributed by atoms with E-state index in [9.17, 15) is 8.42 Å².